The van der Waals surface area contributed by atoms with Gasteiger partial charge in [0.05, 0.1) is 26.1 Å². The van der Waals surface area contributed by atoms with Crippen molar-refractivity contribution in [1.29, 1.82) is 0 Å². The molecule has 4 rings (SSSR count). The fourth-order valence-corrected chi connectivity index (χ4v) is 4.44. The average Bonchev–Trinajstić information content (AvgIpc) is 3.34. The summed E-state index contributed by atoms with van der Waals surface area (Å²) < 4.78 is 10.8. The molecule has 0 bridgehead atoms. The first-order valence-electron chi connectivity index (χ1n) is 9.93. The number of methoxy groups -OCH3 is 2. The first-order valence-corrected chi connectivity index (χ1v) is 9.93. The SMILES string of the molecule is COc1cc2c(cc1OC)CN(C(=O)C1CC1C(=O)NC1CCCC1)CC2. The number of fused-ring (bicyclic) bond motifs is 1. The molecule has 6 heteroatoms. The Morgan fingerprint density at radius 3 is 2.37 bits per heavy atom. The van der Waals surface area contributed by atoms with Crippen LogP contribution in [0.25, 0.3) is 0 Å². The summed E-state index contributed by atoms with van der Waals surface area (Å²) >= 11 is 0. The highest BCUT2D eigenvalue weighted by Gasteiger charge is 2.50. The van der Waals surface area contributed by atoms with Gasteiger partial charge in [-0.15, -0.1) is 0 Å². The van der Waals surface area contributed by atoms with Crippen LogP contribution in [-0.2, 0) is 22.6 Å². The van der Waals surface area contributed by atoms with E-state index in [2.05, 4.69) is 5.32 Å². The molecule has 2 saturated carbocycles. The van der Waals surface area contributed by atoms with E-state index in [1.165, 1.54) is 18.4 Å². The van der Waals surface area contributed by atoms with Crippen LogP contribution < -0.4 is 14.8 Å². The lowest BCUT2D eigenvalue weighted by atomic mass is 9.98. The van der Waals surface area contributed by atoms with E-state index in [9.17, 15) is 9.59 Å². The molecular formula is C21H28N2O4. The van der Waals surface area contributed by atoms with Crippen molar-refractivity contribution in [3.8, 4) is 11.5 Å². The van der Waals surface area contributed by atoms with Gasteiger partial charge in [0.2, 0.25) is 11.8 Å². The summed E-state index contributed by atoms with van der Waals surface area (Å²) in [6.07, 6.45) is 6.02. The molecule has 1 aromatic carbocycles. The molecule has 1 N–H and O–H groups in total. The zero-order chi connectivity index (χ0) is 19.0. The highest BCUT2D eigenvalue weighted by molar-refractivity contribution is 5.92. The van der Waals surface area contributed by atoms with Crippen LogP contribution in [-0.4, -0.2) is 43.5 Å². The van der Waals surface area contributed by atoms with Crippen LogP contribution in [0.5, 0.6) is 11.5 Å². The number of ether oxygens (including phenoxy) is 2. The molecule has 2 unspecified atom stereocenters. The smallest absolute Gasteiger partial charge is 0.226 e. The van der Waals surface area contributed by atoms with Gasteiger partial charge >= 0.3 is 0 Å². The summed E-state index contributed by atoms with van der Waals surface area (Å²) in [6.45, 7) is 1.26. The molecule has 1 aromatic rings. The third-order valence-corrected chi connectivity index (χ3v) is 6.18. The number of rotatable bonds is 5. The molecule has 2 aliphatic carbocycles. The van der Waals surface area contributed by atoms with Crippen molar-refractivity contribution in [2.24, 2.45) is 11.8 Å². The van der Waals surface area contributed by atoms with Gasteiger partial charge in [0.1, 0.15) is 0 Å². The van der Waals surface area contributed by atoms with Crippen molar-refractivity contribution in [1.82, 2.24) is 10.2 Å². The molecule has 0 saturated heterocycles. The van der Waals surface area contributed by atoms with E-state index in [0.29, 0.717) is 31.3 Å². The lowest BCUT2D eigenvalue weighted by Gasteiger charge is -2.30. The van der Waals surface area contributed by atoms with Crippen LogP contribution in [0, 0.1) is 11.8 Å². The Bertz CT molecular complexity index is 742. The monoisotopic (exact) mass is 372 g/mol. The molecule has 0 radical (unpaired) electrons. The van der Waals surface area contributed by atoms with Crippen LogP contribution >= 0.6 is 0 Å². The van der Waals surface area contributed by atoms with Crippen LogP contribution in [0.3, 0.4) is 0 Å². The van der Waals surface area contributed by atoms with Gasteiger partial charge in [-0.3, -0.25) is 9.59 Å². The largest absolute Gasteiger partial charge is 0.493 e. The summed E-state index contributed by atoms with van der Waals surface area (Å²) in [4.78, 5) is 27.2. The molecule has 1 heterocycles. The van der Waals surface area contributed by atoms with Crippen LogP contribution in [0.1, 0.15) is 43.2 Å². The summed E-state index contributed by atoms with van der Waals surface area (Å²) in [7, 11) is 3.25. The van der Waals surface area contributed by atoms with Crippen molar-refractivity contribution in [3.63, 3.8) is 0 Å². The average molecular weight is 372 g/mol. The molecule has 6 nitrogen and oxygen atoms in total. The number of nitrogens with zero attached hydrogens (tertiary/aromatic N) is 1. The molecule has 0 aromatic heterocycles. The van der Waals surface area contributed by atoms with Gasteiger partial charge in [-0.05, 0) is 48.9 Å². The minimum atomic E-state index is -0.145. The number of amides is 2. The Hall–Kier alpha value is -2.24. The Labute approximate surface area is 160 Å². The second-order valence-corrected chi connectivity index (χ2v) is 7.92. The number of carbonyl (C=O) groups excluding carboxylic acids is 2. The predicted octanol–water partition coefficient (Wildman–Crippen LogP) is 2.28. The molecular weight excluding hydrogens is 344 g/mol. The Balaban J connectivity index is 1.38. The minimum absolute atomic E-state index is 0.0732. The van der Waals surface area contributed by atoms with E-state index in [1.807, 2.05) is 17.0 Å². The summed E-state index contributed by atoms with van der Waals surface area (Å²) in [5, 5.41) is 3.13. The molecule has 146 valence electrons. The topological polar surface area (TPSA) is 67.9 Å². The molecule has 0 spiro atoms. The first-order chi connectivity index (χ1) is 13.1. The van der Waals surface area contributed by atoms with E-state index in [0.717, 1.165) is 30.6 Å². The normalized spacial score (nSPS) is 24.3. The van der Waals surface area contributed by atoms with Gasteiger partial charge in [-0.1, -0.05) is 12.8 Å². The summed E-state index contributed by atoms with van der Waals surface area (Å²) in [5.41, 5.74) is 2.29. The maximum absolute atomic E-state index is 12.9. The second kappa shape index (κ2) is 7.41. The van der Waals surface area contributed by atoms with Crippen LogP contribution in [0.15, 0.2) is 12.1 Å². The number of hydrogen-bond acceptors (Lipinski definition) is 4. The quantitative estimate of drug-likeness (QED) is 0.861. The van der Waals surface area contributed by atoms with E-state index in [4.69, 9.17) is 9.47 Å². The van der Waals surface area contributed by atoms with Crippen molar-refractivity contribution < 1.29 is 19.1 Å². The van der Waals surface area contributed by atoms with Gasteiger partial charge < -0.3 is 19.7 Å². The minimum Gasteiger partial charge on any atom is -0.493 e. The number of nitrogens with one attached hydrogen (secondary N) is 1. The Morgan fingerprint density at radius 1 is 1.04 bits per heavy atom. The summed E-state index contributed by atoms with van der Waals surface area (Å²) in [5.74, 6) is 1.32. The van der Waals surface area contributed by atoms with Crippen molar-refractivity contribution in [3.05, 3.63) is 23.3 Å². The van der Waals surface area contributed by atoms with E-state index in [-0.39, 0.29) is 23.7 Å². The standard InChI is InChI=1S/C21H28N2O4/c1-26-18-9-13-7-8-23(12-14(13)10-19(18)27-2)21(25)17-11-16(17)20(24)22-15-5-3-4-6-15/h9-10,15-17H,3-8,11-12H2,1-2H3,(H,22,24). The summed E-state index contributed by atoms with van der Waals surface area (Å²) in [6, 6.07) is 4.29. The lowest BCUT2D eigenvalue weighted by Crippen LogP contribution is -2.39. The second-order valence-electron chi connectivity index (χ2n) is 7.92. The fraction of sp³-hybridized carbons (Fsp3) is 0.619. The highest BCUT2D eigenvalue weighted by Crippen LogP contribution is 2.42. The third kappa shape index (κ3) is 3.62. The van der Waals surface area contributed by atoms with Crippen LogP contribution in [0.4, 0.5) is 0 Å². The van der Waals surface area contributed by atoms with Gasteiger partial charge in [-0.2, -0.15) is 0 Å². The van der Waals surface area contributed by atoms with E-state index < -0.39 is 0 Å². The number of hydrogen-bond donors (Lipinski definition) is 1. The van der Waals surface area contributed by atoms with Gasteiger partial charge in [0.25, 0.3) is 0 Å². The Kier molecular flexibility index (Phi) is 4.98. The highest BCUT2D eigenvalue weighted by atomic mass is 16.5. The van der Waals surface area contributed by atoms with E-state index in [1.54, 1.807) is 14.2 Å². The van der Waals surface area contributed by atoms with Gasteiger partial charge in [-0.25, -0.2) is 0 Å². The Morgan fingerprint density at radius 2 is 1.70 bits per heavy atom. The molecule has 2 atom stereocenters. The number of carbonyl (C=O) groups is 2. The zero-order valence-corrected chi connectivity index (χ0v) is 16.1. The first kappa shape index (κ1) is 18.1. The molecule has 2 fully saturated rings. The third-order valence-electron chi connectivity index (χ3n) is 6.18. The molecule has 2 amide bonds. The number of benzene rings is 1. The molecule has 1 aliphatic heterocycles. The zero-order valence-electron chi connectivity index (χ0n) is 16.1. The molecule has 3 aliphatic rings. The fourth-order valence-electron chi connectivity index (χ4n) is 4.44. The van der Waals surface area contributed by atoms with E-state index >= 15 is 0 Å². The predicted molar refractivity (Wildman–Crippen MR) is 101 cm³/mol. The van der Waals surface area contributed by atoms with Crippen LogP contribution in [0.2, 0.25) is 0 Å². The van der Waals surface area contributed by atoms with Crippen molar-refractivity contribution in [2.75, 3.05) is 20.8 Å². The van der Waals surface area contributed by atoms with Crippen molar-refractivity contribution in [2.45, 2.75) is 51.1 Å². The molecule has 27 heavy (non-hydrogen) atoms. The van der Waals surface area contributed by atoms with Gasteiger partial charge in [0, 0.05) is 19.1 Å². The van der Waals surface area contributed by atoms with Crippen molar-refractivity contribution >= 4 is 11.8 Å². The maximum Gasteiger partial charge on any atom is 0.226 e. The van der Waals surface area contributed by atoms with Gasteiger partial charge in [0.15, 0.2) is 11.5 Å². The maximum atomic E-state index is 12.9. The lowest BCUT2D eigenvalue weighted by molar-refractivity contribution is -0.135.